The summed E-state index contributed by atoms with van der Waals surface area (Å²) >= 11 is 6.49. The Balaban J connectivity index is 1.58. The fourth-order valence-electron chi connectivity index (χ4n) is 4.52. The Morgan fingerprint density at radius 1 is 1.18 bits per heavy atom. The number of fused-ring (bicyclic) bond motifs is 4. The van der Waals surface area contributed by atoms with Gasteiger partial charge in [0.05, 0.1) is 40.2 Å². The molecule has 4 aromatic rings. The number of carbonyl (C=O) groups excluding carboxylic acids is 1. The topological polar surface area (TPSA) is 89.4 Å². The molecule has 4 heterocycles. The average molecular weight is 489 g/mol. The van der Waals surface area contributed by atoms with Gasteiger partial charge in [-0.05, 0) is 37.1 Å². The minimum absolute atomic E-state index is 0.208. The van der Waals surface area contributed by atoms with Crippen LogP contribution in [0.15, 0.2) is 36.8 Å². The zero-order chi connectivity index (χ0) is 24.4. The maximum atomic E-state index is 13.7. The number of nitrogens with two attached hydrogens (primary N) is 1. The molecule has 0 fully saturated rings. The van der Waals surface area contributed by atoms with Crippen LogP contribution in [0.2, 0.25) is 5.02 Å². The number of alkyl halides is 3. The van der Waals surface area contributed by atoms with Crippen LogP contribution in [0.4, 0.5) is 19.0 Å². The summed E-state index contributed by atoms with van der Waals surface area (Å²) in [6.45, 7) is 3.95. The van der Waals surface area contributed by atoms with E-state index in [9.17, 15) is 18.0 Å². The Hall–Kier alpha value is -3.40. The number of aromatic nitrogens is 4. The van der Waals surface area contributed by atoms with Crippen molar-refractivity contribution in [2.75, 3.05) is 12.3 Å². The molecule has 2 atom stereocenters. The summed E-state index contributed by atoms with van der Waals surface area (Å²) in [5.74, 6) is -0.288. The van der Waals surface area contributed by atoms with Crippen molar-refractivity contribution in [1.82, 2.24) is 24.3 Å². The standard InChI is InChI=1S/C23H20ClF3N6O/c1-11-5-6-32(12(2)13-3-4-19(23(25,26)27)31-20(11)13)22(34)14-7-17-16(8-15(14)24)30-21(28)18-9-29-10-33(17)18/h3-4,7-12H,5-6H2,1-2H3,(H2,28,30)/t11?,12-/m1/s1. The van der Waals surface area contributed by atoms with Gasteiger partial charge in [-0.15, -0.1) is 0 Å². The molecule has 176 valence electrons. The number of amides is 1. The normalized spacial score (nSPS) is 18.8. The molecule has 5 rings (SSSR count). The lowest BCUT2D eigenvalue weighted by Gasteiger charge is -2.28. The number of hydrogen-bond donors (Lipinski definition) is 1. The van der Waals surface area contributed by atoms with E-state index in [0.29, 0.717) is 40.8 Å². The van der Waals surface area contributed by atoms with E-state index in [1.807, 2.05) is 6.92 Å². The van der Waals surface area contributed by atoms with Crippen LogP contribution in [0.25, 0.3) is 16.6 Å². The summed E-state index contributed by atoms with van der Waals surface area (Å²) in [6, 6.07) is 5.11. The molecule has 0 saturated carbocycles. The Morgan fingerprint density at radius 2 is 1.94 bits per heavy atom. The fraction of sp³-hybridized carbons (Fsp3) is 0.304. The fourth-order valence-corrected chi connectivity index (χ4v) is 4.75. The van der Waals surface area contributed by atoms with Crippen molar-refractivity contribution in [2.24, 2.45) is 0 Å². The molecule has 1 aromatic carbocycles. The Bertz CT molecular complexity index is 1450. The molecule has 0 spiro atoms. The van der Waals surface area contributed by atoms with Crippen molar-refractivity contribution in [3.8, 4) is 0 Å². The SMILES string of the molecule is CC1CCN(C(=O)c2cc3c(cc2Cl)nc(N)c2cncn23)[C@H](C)c2ccc(C(F)(F)F)nc21. The van der Waals surface area contributed by atoms with E-state index in [2.05, 4.69) is 15.0 Å². The molecule has 1 aliphatic heterocycles. The van der Waals surface area contributed by atoms with Crippen LogP contribution < -0.4 is 5.73 Å². The quantitative estimate of drug-likeness (QED) is 0.395. The van der Waals surface area contributed by atoms with E-state index in [0.717, 1.165) is 6.07 Å². The Morgan fingerprint density at radius 3 is 2.68 bits per heavy atom. The third-order valence-corrected chi connectivity index (χ3v) is 6.70. The number of nitrogen functional groups attached to an aromatic ring is 1. The van der Waals surface area contributed by atoms with Crippen molar-refractivity contribution >= 4 is 39.9 Å². The predicted octanol–water partition coefficient (Wildman–Crippen LogP) is 5.24. The van der Waals surface area contributed by atoms with Gasteiger partial charge < -0.3 is 10.6 Å². The Labute approximate surface area is 197 Å². The largest absolute Gasteiger partial charge is 0.433 e. The molecule has 0 saturated heterocycles. The lowest BCUT2D eigenvalue weighted by Crippen LogP contribution is -2.34. The number of imidazole rings is 1. The summed E-state index contributed by atoms with van der Waals surface area (Å²) in [5, 5.41) is 0.208. The van der Waals surface area contributed by atoms with Gasteiger partial charge in [-0.2, -0.15) is 13.2 Å². The van der Waals surface area contributed by atoms with Crippen molar-refractivity contribution in [1.29, 1.82) is 0 Å². The third-order valence-electron chi connectivity index (χ3n) is 6.39. The van der Waals surface area contributed by atoms with Gasteiger partial charge in [0, 0.05) is 18.2 Å². The highest BCUT2D eigenvalue weighted by molar-refractivity contribution is 6.34. The minimum atomic E-state index is -4.53. The number of nitrogens with zero attached hydrogens (tertiary/aromatic N) is 5. The molecule has 1 unspecified atom stereocenters. The minimum Gasteiger partial charge on any atom is -0.382 e. The molecular formula is C23H20ClF3N6O. The van der Waals surface area contributed by atoms with Crippen LogP contribution >= 0.6 is 11.6 Å². The maximum Gasteiger partial charge on any atom is 0.433 e. The van der Waals surface area contributed by atoms with Gasteiger partial charge in [0.1, 0.15) is 17.0 Å². The second-order valence-corrected chi connectivity index (χ2v) is 8.91. The zero-order valence-corrected chi connectivity index (χ0v) is 19.0. The van der Waals surface area contributed by atoms with Crippen LogP contribution in [0.3, 0.4) is 0 Å². The number of pyridine rings is 1. The number of rotatable bonds is 1. The van der Waals surface area contributed by atoms with Crippen LogP contribution in [-0.2, 0) is 6.18 Å². The monoisotopic (exact) mass is 488 g/mol. The first-order chi connectivity index (χ1) is 16.1. The van der Waals surface area contributed by atoms with Crippen LogP contribution in [-0.4, -0.2) is 36.7 Å². The summed E-state index contributed by atoms with van der Waals surface area (Å²) in [6.07, 6.45) is -0.912. The summed E-state index contributed by atoms with van der Waals surface area (Å²) in [5.41, 5.74) is 8.01. The molecule has 1 aliphatic rings. The van der Waals surface area contributed by atoms with Gasteiger partial charge >= 0.3 is 6.18 Å². The molecule has 7 nitrogen and oxygen atoms in total. The average Bonchev–Trinajstić information content (AvgIpc) is 3.24. The zero-order valence-electron chi connectivity index (χ0n) is 18.3. The highest BCUT2D eigenvalue weighted by Gasteiger charge is 2.36. The number of benzene rings is 1. The van der Waals surface area contributed by atoms with Crippen molar-refractivity contribution in [3.63, 3.8) is 0 Å². The molecule has 0 radical (unpaired) electrons. The second kappa shape index (κ2) is 7.83. The van der Waals surface area contributed by atoms with Crippen LogP contribution in [0, 0.1) is 0 Å². The highest BCUT2D eigenvalue weighted by atomic mass is 35.5. The molecule has 34 heavy (non-hydrogen) atoms. The van der Waals surface area contributed by atoms with Gasteiger partial charge in [-0.3, -0.25) is 9.20 Å². The third kappa shape index (κ3) is 3.53. The second-order valence-electron chi connectivity index (χ2n) is 8.50. The maximum absolute atomic E-state index is 13.7. The molecule has 0 bridgehead atoms. The lowest BCUT2D eigenvalue weighted by molar-refractivity contribution is -0.141. The van der Waals surface area contributed by atoms with Crippen molar-refractivity contribution < 1.29 is 18.0 Å². The Kier molecular flexibility index (Phi) is 5.16. The van der Waals surface area contributed by atoms with E-state index in [4.69, 9.17) is 17.3 Å². The van der Waals surface area contributed by atoms with Crippen molar-refractivity contribution in [2.45, 2.75) is 38.4 Å². The summed E-state index contributed by atoms with van der Waals surface area (Å²) in [4.78, 5) is 27.7. The van der Waals surface area contributed by atoms with Gasteiger partial charge in [-0.1, -0.05) is 24.6 Å². The molecule has 1 amide bonds. The predicted molar refractivity (Wildman–Crippen MR) is 122 cm³/mol. The molecule has 11 heteroatoms. The first-order valence-corrected chi connectivity index (χ1v) is 11.0. The van der Waals surface area contributed by atoms with E-state index >= 15 is 0 Å². The molecular weight excluding hydrogens is 469 g/mol. The first-order valence-electron chi connectivity index (χ1n) is 10.7. The number of anilines is 1. The molecule has 2 N–H and O–H groups in total. The summed E-state index contributed by atoms with van der Waals surface area (Å²) < 4.78 is 41.4. The first kappa shape index (κ1) is 22.4. The van der Waals surface area contributed by atoms with Gasteiger partial charge in [0.15, 0.2) is 0 Å². The van der Waals surface area contributed by atoms with Crippen LogP contribution in [0.5, 0.6) is 0 Å². The van der Waals surface area contributed by atoms with Gasteiger partial charge in [-0.25, -0.2) is 15.0 Å². The number of halogens is 4. The van der Waals surface area contributed by atoms with E-state index < -0.39 is 17.9 Å². The summed E-state index contributed by atoms with van der Waals surface area (Å²) in [7, 11) is 0. The molecule has 0 aliphatic carbocycles. The van der Waals surface area contributed by atoms with Crippen molar-refractivity contribution in [3.05, 3.63) is 64.3 Å². The van der Waals surface area contributed by atoms with Gasteiger partial charge in [0.2, 0.25) is 0 Å². The molecule has 3 aromatic heterocycles. The smallest absolute Gasteiger partial charge is 0.382 e. The lowest BCUT2D eigenvalue weighted by atomic mass is 9.97. The van der Waals surface area contributed by atoms with E-state index in [1.54, 1.807) is 40.9 Å². The van der Waals surface area contributed by atoms with E-state index in [1.165, 1.54) is 6.07 Å². The van der Waals surface area contributed by atoms with Crippen LogP contribution in [0.1, 0.15) is 59.5 Å². The highest BCUT2D eigenvalue weighted by Crippen LogP contribution is 2.38. The number of carbonyl (C=O) groups is 1. The van der Waals surface area contributed by atoms with Gasteiger partial charge in [0.25, 0.3) is 5.91 Å². The van der Waals surface area contributed by atoms with E-state index in [-0.39, 0.29) is 28.2 Å². The number of hydrogen-bond acceptors (Lipinski definition) is 5.